The lowest BCUT2D eigenvalue weighted by atomic mass is 9.77. The van der Waals surface area contributed by atoms with Crippen LogP contribution in [-0.4, -0.2) is 19.4 Å². The third-order valence-electron chi connectivity index (χ3n) is 3.30. The van der Waals surface area contributed by atoms with E-state index < -0.39 is 11.6 Å². The first-order valence-electron chi connectivity index (χ1n) is 5.09. The Labute approximate surface area is 92.2 Å². The minimum atomic E-state index is -4.24. The quantitative estimate of drug-likeness (QED) is 0.720. The summed E-state index contributed by atoms with van der Waals surface area (Å²) in [5.74, 6) is 0. The van der Waals surface area contributed by atoms with Crippen LogP contribution in [0, 0.1) is 13.8 Å². The lowest BCUT2D eigenvalue weighted by molar-refractivity contribution is -0.262. The third kappa shape index (κ3) is 1.52. The summed E-state index contributed by atoms with van der Waals surface area (Å²) in [6, 6.07) is 4.90. The van der Waals surface area contributed by atoms with Crippen LogP contribution < -0.4 is 0 Å². The molecule has 1 aromatic rings. The third-order valence-corrected chi connectivity index (χ3v) is 3.30. The van der Waals surface area contributed by atoms with Crippen molar-refractivity contribution in [2.24, 2.45) is 0 Å². The molecule has 1 aromatic carbocycles. The SMILES string of the molecule is Cc1ccc(C2(C(F)(F)F)COC2)cc1C. The van der Waals surface area contributed by atoms with Gasteiger partial charge < -0.3 is 4.74 Å². The number of aryl methyl sites for hydroxylation is 2. The monoisotopic (exact) mass is 230 g/mol. The summed E-state index contributed by atoms with van der Waals surface area (Å²) in [6.45, 7) is 3.18. The predicted octanol–water partition coefficient (Wildman–Crippen LogP) is 3.13. The molecule has 1 aliphatic heterocycles. The maximum atomic E-state index is 13.0. The molecule has 0 unspecified atom stereocenters. The van der Waals surface area contributed by atoms with E-state index in [9.17, 15) is 13.2 Å². The van der Waals surface area contributed by atoms with Crippen molar-refractivity contribution in [3.05, 3.63) is 34.9 Å². The van der Waals surface area contributed by atoms with Gasteiger partial charge in [-0.2, -0.15) is 13.2 Å². The molecule has 0 N–H and O–H groups in total. The predicted molar refractivity (Wildman–Crippen MR) is 54.5 cm³/mol. The Kier molecular flexibility index (Phi) is 2.49. The van der Waals surface area contributed by atoms with E-state index in [0.717, 1.165) is 11.1 Å². The largest absolute Gasteiger partial charge is 0.402 e. The van der Waals surface area contributed by atoms with E-state index in [4.69, 9.17) is 4.74 Å². The Morgan fingerprint density at radius 1 is 1.12 bits per heavy atom. The molecule has 0 aliphatic carbocycles. The van der Waals surface area contributed by atoms with Crippen LogP contribution in [0.3, 0.4) is 0 Å². The van der Waals surface area contributed by atoms with Crippen molar-refractivity contribution < 1.29 is 17.9 Å². The standard InChI is InChI=1S/C12H13F3O/c1-8-3-4-10(5-9(8)2)11(6-16-7-11)12(13,14)15/h3-5H,6-7H2,1-2H3. The van der Waals surface area contributed by atoms with Gasteiger partial charge in [0, 0.05) is 0 Å². The smallest absolute Gasteiger partial charge is 0.379 e. The maximum Gasteiger partial charge on any atom is 0.402 e. The second-order valence-electron chi connectivity index (χ2n) is 4.37. The molecule has 0 amide bonds. The van der Waals surface area contributed by atoms with Crippen LogP contribution >= 0.6 is 0 Å². The molecule has 2 rings (SSSR count). The summed E-state index contributed by atoms with van der Waals surface area (Å²) in [5, 5.41) is 0. The van der Waals surface area contributed by atoms with Crippen LogP contribution in [0.15, 0.2) is 18.2 Å². The molecule has 1 saturated heterocycles. The van der Waals surface area contributed by atoms with E-state index in [1.165, 1.54) is 0 Å². The zero-order valence-electron chi connectivity index (χ0n) is 9.19. The van der Waals surface area contributed by atoms with Crippen LogP contribution in [0.2, 0.25) is 0 Å². The average Bonchev–Trinajstić information content (AvgIpc) is 2.06. The highest BCUT2D eigenvalue weighted by Crippen LogP contribution is 2.46. The molecule has 1 fully saturated rings. The van der Waals surface area contributed by atoms with Crippen LogP contribution in [-0.2, 0) is 10.2 Å². The number of rotatable bonds is 1. The molecule has 1 aliphatic rings. The van der Waals surface area contributed by atoms with Crippen molar-refractivity contribution in [3.63, 3.8) is 0 Å². The van der Waals surface area contributed by atoms with Gasteiger partial charge in [0.05, 0.1) is 13.2 Å². The summed E-state index contributed by atoms with van der Waals surface area (Å²) in [7, 11) is 0. The lowest BCUT2D eigenvalue weighted by Crippen LogP contribution is -2.57. The number of benzene rings is 1. The van der Waals surface area contributed by atoms with Crippen molar-refractivity contribution in [1.29, 1.82) is 0 Å². The number of hydrogen-bond acceptors (Lipinski definition) is 1. The number of ether oxygens (including phenoxy) is 1. The Balaban J connectivity index is 2.45. The zero-order chi connectivity index (χ0) is 12.0. The molecular formula is C12H13F3O. The summed E-state index contributed by atoms with van der Waals surface area (Å²) in [6.07, 6.45) is -4.24. The fourth-order valence-corrected chi connectivity index (χ4v) is 1.84. The Bertz CT molecular complexity index is 405. The molecular weight excluding hydrogens is 217 g/mol. The van der Waals surface area contributed by atoms with Crippen LogP contribution in [0.4, 0.5) is 13.2 Å². The van der Waals surface area contributed by atoms with Crippen LogP contribution in [0.25, 0.3) is 0 Å². The molecule has 0 atom stereocenters. The normalized spacial score (nSPS) is 19.3. The first-order valence-corrected chi connectivity index (χ1v) is 5.09. The van der Waals surface area contributed by atoms with Gasteiger partial charge in [-0.05, 0) is 30.5 Å². The molecule has 0 spiro atoms. The summed E-state index contributed by atoms with van der Waals surface area (Å²) >= 11 is 0. The van der Waals surface area contributed by atoms with E-state index >= 15 is 0 Å². The second-order valence-corrected chi connectivity index (χ2v) is 4.37. The van der Waals surface area contributed by atoms with E-state index in [1.54, 1.807) is 18.2 Å². The van der Waals surface area contributed by atoms with Crippen molar-refractivity contribution >= 4 is 0 Å². The van der Waals surface area contributed by atoms with Gasteiger partial charge >= 0.3 is 6.18 Å². The van der Waals surface area contributed by atoms with Crippen molar-refractivity contribution in [1.82, 2.24) is 0 Å². The van der Waals surface area contributed by atoms with Gasteiger partial charge in [0.25, 0.3) is 0 Å². The Hall–Kier alpha value is -1.03. The fourth-order valence-electron chi connectivity index (χ4n) is 1.84. The molecule has 0 bridgehead atoms. The van der Waals surface area contributed by atoms with Crippen molar-refractivity contribution in [3.8, 4) is 0 Å². The highest BCUT2D eigenvalue weighted by atomic mass is 19.4. The van der Waals surface area contributed by atoms with Gasteiger partial charge in [-0.1, -0.05) is 18.2 Å². The molecule has 0 saturated carbocycles. The minimum Gasteiger partial charge on any atom is -0.379 e. The van der Waals surface area contributed by atoms with Gasteiger partial charge in [0.1, 0.15) is 5.41 Å². The summed E-state index contributed by atoms with van der Waals surface area (Å²) in [4.78, 5) is 0. The first-order chi connectivity index (χ1) is 7.37. The van der Waals surface area contributed by atoms with E-state index in [2.05, 4.69) is 0 Å². The van der Waals surface area contributed by atoms with Gasteiger partial charge in [-0.25, -0.2) is 0 Å². The molecule has 16 heavy (non-hydrogen) atoms. The fraction of sp³-hybridized carbons (Fsp3) is 0.500. The minimum absolute atomic E-state index is 0.265. The van der Waals surface area contributed by atoms with E-state index in [1.807, 2.05) is 13.8 Å². The molecule has 1 nitrogen and oxygen atoms in total. The van der Waals surface area contributed by atoms with Crippen LogP contribution in [0.1, 0.15) is 16.7 Å². The highest BCUT2D eigenvalue weighted by Gasteiger charge is 2.61. The zero-order valence-corrected chi connectivity index (χ0v) is 9.19. The highest BCUT2D eigenvalue weighted by molar-refractivity contribution is 5.37. The number of alkyl halides is 3. The van der Waals surface area contributed by atoms with Gasteiger partial charge in [-0.3, -0.25) is 0 Å². The summed E-state index contributed by atoms with van der Waals surface area (Å²) < 4.78 is 43.8. The number of halogens is 3. The molecule has 88 valence electrons. The van der Waals surface area contributed by atoms with Gasteiger partial charge in [-0.15, -0.1) is 0 Å². The second kappa shape index (κ2) is 3.48. The lowest BCUT2D eigenvalue weighted by Gasteiger charge is -2.43. The van der Waals surface area contributed by atoms with Crippen LogP contribution in [0.5, 0.6) is 0 Å². The summed E-state index contributed by atoms with van der Waals surface area (Å²) in [5.41, 5.74) is 0.412. The van der Waals surface area contributed by atoms with Gasteiger partial charge in [0.15, 0.2) is 0 Å². The Morgan fingerprint density at radius 3 is 2.12 bits per heavy atom. The van der Waals surface area contributed by atoms with E-state index in [-0.39, 0.29) is 13.2 Å². The number of hydrogen-bond donors (Lipinski definition) is 0. The molecule has 1 heterocycles. The van der Waals surface area contributed by atoms with Crippen molar-refractivity contribution in [2.45, 2.75) is 25.4 Å². The topological polar surface area (TPSA) is 9.23 Å². The first kappa shape index (κ1) is 11.5. The van der Waals surface area contributed by atoms with Gasteiger partial charge in [0.2, 0.25) is 0 Å². The maximum absolute atomic E-state index is 13.0. The average molecular weight is 230 g/mol. The molecule has 0 aromatic heterocycles. The van der Waals surface area contributed by atoms with E-state index in [0.29, 0.717) is 5.56 Å². The molecule has 0 radical (unpaired) electrons. The molecule has 4 heteroatoms. The Morgan fingerprint density at radius 2 is 1.75 bits per heavy atom. The van der Waals surface area contributed by atoms with Crippen molar-refractivity contribution in [2.75, 3.05) is 13.2 Å².